The third-order valence-corrected chi connectivity index (χ3v) is 2.32. The molecule has 2 rings (SSSR count). The Balaban J connectivity index is 2.86. The van der Waals surface area contributed by atoms with E-state index in [0.717, 1.165) is 16.5 Å². The number of hydrogen-bond acceptors (Lipinski definition) is 1. The maximum Gasteiger partial charge on any atom is 0.161 e. The molecule has 1 N–H and O–H groups in total. The number of carbonyl (C=O) groups is 1. The van der Waals surface area contributed by atoms with Crippen molar-refractivity contribution < 1.29 is 4.79 Å². The summed E-state index contributed by atoms with van der Waals surface area (Å²) in [5, 5.41) is 1.13. The van der Waals surface area contributed by atoms with Crippen molar-refractivity contribution in [3.05, 3.63) is 35.5 Å². The normalized spacial score (nSPS) is 10.6. The number of fused-ring (bicyclic) bond motifs is 1. The van der Waals surface area contributed by atoms with Crippen LogP contribution in [0.1, 0.15) is 22.8 Å². The van der Waals surface area contributed by atoms with Crippen molar-refractivity contribution in [2.75, 3.05) is 0 Å². The predicted octanol–water partition coefficient (Wildman–Crippen LogP) is 2.68. The van der Waals surface area contributed by atoms with E-state index >= 15 is 0 Å². The van der Waals surface area contributed by atoms with E-state index in [1.165, 1.54) is 5.56 Å². The number of rotatable bonds is 1. The number of ketones is 1. The minimum absolute atomic E-state index is 0.104. The highest BCUT2D eigenvalue weighted by Crippen LogP contribution is 2.21. The van der Waals surface area contributed by atoms with Crippen molar-refractivity contribution in [2.24, 2.45) is 0 Å². The number of H-pyrrole nitrogens is 1. The lowest BCUT2D eigenvalue weighted by Gasteiger charge is -2.00. The summed E-state index contributed by atoms with van der Waals surface area (Å²) in [5.41, 5.74) is 2.92. The first-order valence-electron chi connectivity index (χ1n) is 4.28. The summed E-state index contributed by atoms with van der Waals surface area (Å²) in [6.45, 7) is 3.63. The Kier molecular flexibility index (Phi) is 1.69. The Bertz CT molecular complexity index is 468. The average molecular weight is 173 g/mol. The molecule has 2 heteroatoms. The minimum Gasteiger partial charge on any atom is -0.361 e. The maximum absolute atomic E-state index is 11.2. The third-order valence-electron chi connectivity index (χ3n) is 2.32. The Morgan fingerprint density at radius 1 is 1.31 bits per heavy atom. The van der Waals surface area contributed by atoms with Gasteiger partial charge >= 0.3 is 0 Å². The molecule has 0 bridgehead atoms. The van der Waals surface area contributed by atoms with Crippen LogP contribution in [-0.2, 0) is 0 Å². The number of carbonyl (C=O) groups excluding carboxylic acids is 1. The van der Waals surface area contributed by atoms with Gasteiger partial charge in [-0.2, -0.15) is 0 Å². The fourth-order valence-electron chi connectivity index (χ4n) is 1.60. The largest absolute Gasteiger partial charge is 0.361 e. The zero-order valence-corrected chi connectivity index (χ0v) is 7.72. The SMILES string of the molecule is CC(=O)c1ccc(C)c2cc[nH]c12. The number of Topliss-reactive ketones (excluding diaryl/α,β-unsaturated/α-hetero) is 1. The van der Waals surface area contributed by atoms with Crippen LogP contribution in [0.3, 0.4) is 0 Å². The quantitative estimate of drug-likeness (QED) is 0.661. The predicted molar refractivity (Wildman–Crippen MR) is 53.0 cm³/mol. The summed E-state index contributed by atoms with van der Waals surface area (Å²) in [7, 11) is 0. The van der Waals surface area contributed by atoms with Crippen molar-refractivity contribution in [2.45, 2.75) is 13.8 Å². The van der Waals surface area contributed by atoms with Crippen molar-refractivity contribution in [3.8, 4) is 0 Å². The molecule has 0 atom stereocenters. The van der Waals surface area contributed by atoms with E-state index in [1.807, 2.05) is 31.3 Å². The van der Waals surface area contributed by atoms with Crippen LogP contribution >= 0.6 is 0 Å². The number of aromatic amines is 1. The summed E-state index contributed by atoms with van der Waals surface area (Å²) in [4.78, 5) is 14.3. The molecule has 0 spiro atoms. The molecule has 0 saturated carbocycles. The lowest BCUT2D eigenvalue weighted by atomic mass is 10.0. The van der Waals surface area contributed by atoms with Gasteiger partial charge in [-0.05, 0) is 31.5 Å². The first kappa shape index (κ1) is 8.05. The standard InChI is InChI=1S/C11H11NO/c1-7-3-4-10(8(2)13)11-9(7)5-6-12-11/h3-6,12H,1-2H3. The molecule has 13 heavy (non-hydrogen) atoms. The van der Waals surface area contributed by atoms with E-state index < -0.39 is 0 Å². The van der Waals surface area contributed by atoms with Gasteiger partial charge in [0.05, 0.1) is 5.52 Å². The molecule has 66 valence electrons. The Hall–Kier alpha value is -1.57. The number of nitrogens with one attached hydrogen (secondary N) is 1. The average Bonchev–Trinajstić information content (AvgIpc) is 2.53. The van der Waals surface area contributed by atoms with Gasteiger partial charge in [0.25, 0.3) is 0 Å². The van der Waals surface area contributed by atoms with Crippen LogP contribution in [0, 0.1) is 6.92 Å². The van der Waals surface area contributed by atoms with Crippen LogP contribution in [-0.4, -0.2) is 10.8 Å². The van der Waals surface area contributed by atoms with Crippen LogP contribution in [0.5, 0.6) is 0 Å². The molecule has 0 fully saturated rings. The van der Waals surface area contributed by atoms with Crippen molar-refractivity contribution in [3.63, 3.8) is 0 Å². The molecule has 0 aliphatic rings. The molecule has 0 unspecified atom stereocenters. The van der Waals surface area contributed by atoms with Crippen LogP contribution in [0.15, 0.2) is 24.4 Å². The molecule has 2 nitrogen and oxygen atoms in total. The lowest BCUT2D eigenvalue weighted by molar-refractivity contribution is 0.101. The Morgan fingerprint density at radius 3 is 2.77 bits per heavy atom. The molecule has 0 aliphatic carbocycles. The highest BCUT2D eigenvalue weighted by atomic mass is 16.1. The molecular formula is C11H11NO. The van der Waals surface area contributed by atoms with Crippen LogP contribution in [0.2, 0.25) is 0 Å². The number of aryl methyl sites for hydroxylation is 1. The zero-order chi connectivity index (χ0) is 9.42. The number of hydrogen-bond donors (Lipinski definition) is 1. The van der Waals surface area contributed by atoms with Gasteiger partial charge in [0.2, 0.25) is 0 Å². The van der Waals surface area contributed by atoms with Gasteiger partial charge in [0, 0.05) is 17.1 Å². The Morgan fingerprint density at radius 2 is 2.08 bits per heavy atom. The second-order valence-electron chi connectivity index (χ2n) is 3.25. The lowest BCUT2D eigenvalue weighted by Crippen LogP contribution is -1.93. The Labute approximate surface area is 76.6 Å². The van der Waals surface area contributed by atoms with E-state index in [-0.39, 0.29) is 5.78 Å². The van der Waals surface area contributed by atoms with Gasteiger partial charge in [-0.1, -0.05) is 6.07 Å². The summed E-state index contributed by atoms with van der Waals surface area (Å²) in [5.74, 6) is 0.104. The topological polar surface area (TPSA) is 32.9 Å². The van der Waals surface area contributed by atoms with Crippen LogP contribution in [0.4, 0.5) is 0 Å². The summed E-state index contributed by atoms with van der Waals surface area (Å²) < 4.78 is 0. The van der Waals surface area contributed by atoms with E-state index in [4.69, 9.17) is 0 Å². The van der Waals surface area contributed by atoms with Crippen LogP contribution in [0.25, 0.3) is 10.9 Å². The van der Waals surface area contributed by atoms with Crippen molar-refractivity contribution in [1.29, 1.82) is 0 Å². The second-order valence-corrected chi connectivity index (χ2v) is 3.25. The monoisotopic (exact) mass is 173 g/mol. The molecule has 0 amide bonds. The van der Waals surface area contributed by atoms with Gasteiger partial charge < -0.3 is 4.98 Å². The molecule has 1 heterocycles. The van der Waals surface area contributed by atoms with Gasteiger partial charge in [-0.15, -0.1) is 0 Å². The molecule has 0 aliphatic heterocycles. The number of benzene rings is 1. The smallest absolute Gasteiger partial charge is 0.161 e. The fraction of sp³-hybridized carbons (Fsp3) is 0.182. The van der Waals surface area contributed by atoms with E-state index in [9.17, 15) is 4.79 Å². The highest BCUT2D eigenvalue weighted by Gasteiger charge is 2.07. The van der Waals surface area contributed by atoms with E-state index in [2.05, 4.69) is 4.98 Å². The second kappa shape index (κ2) is 2.73. The molecule has 2 aromatic rings. The first-order valence-corrected chi connectivity index (χ1v) is 4.28. The van der Waals surface area contributed by atoms with E-state index in [1.54, 1.807) is 6.92 Å². The summed E-state index contributed by atoms with van der Waals surface area (Å²) in [6.07, 6.45) is 1.87. The fourth-order valence-corrected chi connectivity index (χ4v) is 1.60. The summed E-state index contributed by atoms with van der Waals surface area (Å²) in [6, 6.07) is 5.85. The highest BCUT2D eigenvalue weighted by molar-refractivity contribution is 6.06. The molecular weight excluding hydrogens is 162 g/mol. The van der Waals surface area contributed by atoms with Gasteiger partial charge in [0.15, 0.2) is 5.78 Å². The molecule has 0 saturated heterocycles. The van der Waals surface area contributed by atoms with E-state index in [0.29, 0.717) is 0 Å². The zero-order valence-electron chi connectivity index (χ0n) is 7.72. The maximum atomic E-state index is 11.2. The van der Waals surface area contributed by atoms with Crippen molar-refractivity contribution >= 4 is 16.7 Å². The number of aromatic nitrogens is 1. The van der Waals surface area contributed by atoms with Gasteiger partial charge in [-0.3, -0.25) is 4.79 Å². The van der Waals surface area contributed by atoms with Crippen LogP contribution < -0.4 is 0 Å². The minimum atomic E-state index is 0.104. The molecule has 1 aromatic heterocycles. The first-order chi connectivity index (χ1) is 6.20. The third kappa shape index (κ3) is 1.15. The van der Waals surface area contributed by atoms with Gasteiger partial charge in [0.1, 0.15) is 0 Å². The van der Waals surface area contributed by atoms with Gasteiger partial charge in [-0.25, -0.2) is 0 Å². The molecule has 0 radical (unpaired) electrons. The van der Waals surface area contributed by atoms with Crippen molar-refractivity contribution in [1.82, 2.24) is 4.98 Å². The summed E-state index contributed by atoms with van der Waals surface area (Å²) >= 11 is 0. The molecule has 1 aromatic carbocycles.